The van der Waals surface area contributed by atoms with Crippen molar-refractivity contribution in [3.8, 4) is 5.88 Å². The summed E-state index contributed by atoms with van der Waals surface area (Å²) in [5.74, 6) is 1.37. The van der Waals surface area contributed by atoms with Crippen LogP contribution in [0.3, 0.4) is 0 Å². The Morgan fingerprint density at radius 1 is 1.00 bits per heavy atom. The van der Waals surface area contributed by atoms with Gasteiger partial charge in [-0.2, -0.15) is 0 Å². The summed E-state index contributed by atoms with van der Waals surface area (Å²) in [4.78, 5) is 6.85. The molecule has 0 unspecified atom stereocenters. The third-order valence-corrected chi connectivity index (χ3v) is 6.38. The second-order valence-corrected chi connectivity index (χ2v) is 8.84. The topological polar surface area (TPSA) is 25.4 Å². The molecule has 2 heterocycles. The molecule has 0 aliphatic carbocycles. The molecule has 1 aromatic heterocycles. The molecule has 2 aromatic carbocycles. The number of likely N-dealkylation sites (tertiary alicyclic amines) is 1. The molecule has 3 aromatic rings. The molecule has 3 nitrogen and oxygen atoms in total. The monoisotopic (exact) mass is 440 g/mol. The summed E-state index contributed by atoms with van der Waals surface area (Å²) in [5, 5.41) is 1.38. The van der Waals surface area contributed by atoms with Gasteiger partial charge in [-0.15, -0.1) is 0 Å². The minimum Gasteiger partial charge on any atom is -0.474 e. The normalized spacial score (nSPS) is 20.6. The van der Waals surface area contributed by atoms with E-state index in [4.69, 9.17) is 27.9 Å². The number of benzene rings is 2. The molecule has 156 valence electrons. The molecule has 0 spiro atoms. The van der Waals surface area contributed by atoms with E-state index in [9.17, 15) is 0 Å². The zero-order chi connectivity index (χ0) is 20.9. The van der Waals surface area contributed by atoms with Crippen molar-refractivity contribution < 1.29 is 4.74 Å². The standard InChI is InChI=1S/C25H26Cl2N2O/c1-18(30-25-12-11-22(27)15-28-25)23-13-14-29(16-19-5-3-2-4-6-19)17-24(23)20-7-9-21(26)10-8-20/h2-12,15,18,23-24H,13-14,16-17H2,1H3/t18-,23+,24+/m0/s1. The van der Waals surface area contributed by atoms with Gasteiger partial charge in [-0.25, -0.2) is 4.98 Å². The maximum Gasteiger partial charge on any atom is 0.213 e. The van der Waals surface area contributed by atoms with Crippen LogP contribution in [0.2, 0.25) is 10.0 Å². The lowest BCUT2D eigenvalue weighted by Gasteiger charge is -2.41. The molecule has 1 aliphatic rings. The molecule has 0 saturated carbocycles. The van der Waals surface area contributed by atoms with Crippen molar-refractivity contribution in [2.45, 2.75) is 31.9 Å². The van der Waals surface area contributed by atoms with Gasteiger partial charge in [0.25, 0.3) is 0 Å². The van der Waals surface area contributed by atoms with Crippen LogP contribution in [0, 0.1) is 5.92 Å². The van der Waals surface area contributed by atoms with Gasteiger partial charge < -0.3 is 4.74 Å². The SMILES string of the molecule is C[C@H](Oc1ccc(Cl)cn1)[C@H]1CCN(Cc2ccccc2)C[C@@H]1c1ccc(Cl)cc1. The van der Waals surface area contributed by atoms with Gasteiger partial charge in [0.05, 0.1) is 5.02 Å². The van der Waals surface area contributed by atoms with Crippen LogP contribution in [0.1, 0.15) is 30.4 Å². The highest BCUT2D eigenvalue weighted by atomic mass is 35.5. The van der Waals surface area contributed by atoms with Gasteiger partial charge in [0.15, 0.2) is 0 Å². The Morgan fingerprint density at radius 3 is 2.43 bits per heavy atom. The maximum atomic E-state index is 6.22. The first-order valence-electron chi connectivity index (χ1n) is 10.4. The highest BCUT2D eigenvalue weighted by Crippen LogP contribution is 2.37. The van der Waals surface area contributed by atoms with E-state index in [1.165, 1.54) is 11.1 Å². The van der Waals surface area contributed by atoms with Gasteiger partial charge in [-0.05, 0) is 49.2 Å². The Bertz CT molecular complexity index is 932. The summed E-state index contributed by atoms with van der Waals surface area (Å²) in [7, 11) is 0. The predicted molar refractivity (Wildman–Crippen MR) is 123 cm³/mol. The summed E-state index contributed by atoms with van der Waals surface area (Å²) in [6, 6.07) is 22.6. The minimum absolute atomic E-state index is 0.0400. The van der Waals surface area contributed by atoms with Crippen LogP contribution in [-0.4, -0.2) is 29.1 Å². The van der Waals surface area contributed by atoms with Crippen LogP contribution in [-0.2, 0) is 6.54 Å². The highest BCUT2D eigenvalue weighted by molar-refractivity contribution is 6.30. The van der Waals surface area contributed by atoms with Crippen molar-refractivity contribution in [3.05, 3.63) is 94.1 Å². The first-order valence-corrected chi connectivity index (χ1v) is 11.1. The molecule has 0 amide bonds. The lowest BCUT2D eigenvalue weighted by molar-refractivity contribution is 0.0639. The van der Waals surface area contributed by atoms with Gasteiger partial charge >= 0.3 is 0 Å². The molecule has 0 bridgehead atoms. The fourth-order valence-corrected chi connectivity index (χ4v) is 4.59. The molecule has 1 aliphatic heterocycles. The number of aromatic nitrogens is 1. The van der Waals surface area contributed by atoms with Crippen molar-refractivity contribution >= 4 is 23.2 Å². The van der Waals surface area contributed by atoms with Gasteiger partial charge in [0.1, 0.15) is 6.10 Å². The molecule has 5 heteroatoms. The van der Waals surface area contributed by atoms with Crippen LogP contribution in [0.15, 0.2) is 72.9 Å². The summed E-state index contributed by atoms with van der Waals surface area (Å²) < 4.78 is 6.22. The number of rotatable bonds is 6. The molecule has 3 atom stereocenters. The van der Waals surface area contributed by atoms with Crippen molar-refractivity contribution in [2.24, 2.45) is 5.92 Å². The average Bonchev–Trinajstić information content (AvgIpc) is 2.76. The molecule has 30 heavy (non-hydrogen) atoms. The number of ether oxygens (including phenoxy) is 1. The Kier molecular flexibility index (Phi) is 6.93. The predicted octanol–water partition coefficient (Wildman–Crippen LogP) is 6.46. The Labute approximate surface area is 188 Å². The first-order chi connectivity index (χ1) is 14.6. The van der Waals surface area contributed by atoms with E-state index >= 15 is 0 Å². The van der Waals surface area contributed by atoms with Crippen molar-refractivity contribution in [1.82, 2.24) is 9.88 Å². The lowest BCUT2D eigenvalue weighted by Crippen LogP contribution is -2.43. The van der Waals surface area contributed by atoms with E-state index in [1.54, 1.807) is 6.20 Å². The van der Waals surface area contributed by atoms with Gasteiger partial charge in [0.2, 0.25) is 5.88 Å². The summed E-state index contributed by atoms with van der Waals surface area (Å²) >= 11 is 12.1. The highest BCUT2D eigenvalue weighted by Gasteiger charge is 2.35. The van der Waals surface area contributed by atoms with E-state index in [1.807, 2.05) is 24.3 Å². The summed E-state index contributed by atoms with van der Waals surface area (Å²) in [6.45, 7) is 5.15. The van der Waals surface area contributed by atoms with E-state index in [-0.39, 0.29) is 6.10 Å². The Morgan fingerprint density at radius 2 is 1.73 bits per heavy atom. The Hall–Kier alpha value is -2.07. The second kappa shape index (κ2) is 9.82. The van der Waals surface area contributed by atoms with E-state index in [0.717, 1.165) is 31.1 Å². The fourth-order valence-electron chi connectivity index (χ4n) is 4.36. The van der Waals surface area contributed by atoms with Gasteiger partial charge in [-0.1, -0.05) is 65.7 Å². The number of piperidine rings is 1. The third-order valence-electron chi connectivity index (χ3n) is 5.91. The number of nitrogens with zero attached hydrogens (tertiary/aromatic N) is 2. The van der Waals surface area contributed by atoms with Crippen LogP contribution in [0.5, 0.6) is 5.88 Å². The molecule has 0 radical (unpaired) electrons. The molecule has 1 fully saturated rings. The van der Waals surface area contributed by atoms with Crippen LogP contribution < -0.4 is 4.74 Å². The molecular formula is C25H26Cl2N2O. The van der Waals surface area contributed by atoms with E-state index in [2.05, 4.69) is 59.3 Å². The largest absolute Gasteiger partial charge is 0.474 e. The van der Waals surface area contributed by atoms with Crippen LogP contribution in [0.25, 0.3) is 0 Å². The number of pyridine rings is 1. The van der Waals surface area contributed by atoms with Crippen LogP contribution in [0.4, 0.5) is 0 Å². The summed E-state index contributed by atoms with van der Waals surface area (Å²) in [6.07, 6.45) is 2.73. The number of hydrogen-bond acceptors (Lipinski definition) is 3. The maximum absolute atomic E-state index is 6.22. The van der Waals surface area contributed by atoms with Gasteiger partial charge in [0, 0.05) is 42.2 Å². The first kappa shape index (κ1) is 21.2. The molecular weight excluding hydrogens is 415 g/mol. The van der Waals surface area contributed by atoms with Crippen molar-refractivity contribution in [3.63, 3.8) is 0 Å². The third kappa shape index (κ3) is 5.34. The second-order valence-electron chi connectivity index (χ2n) is 7.97. The molecule has 0 N–H and O–H groups in total. The van der Waals surface area contributed by atoms with Crippen molar-refractivity contribution in [2.75, 3.05) is 13.1 Å². The minimum atomic E-state index is 0.0400. The molecule has 4 rings (SSSR count). The zero-order valence-electron chi connectivity index (χ0n) is 17.0. The number of hydrogen-bond donors (Lipinski definition) is 0. The average molecular weight is 441 g/mol. The van der Waals surface area contributed by atoms with E-state index < -0.39 is 0 Å². The van der Waals surface area contributed by atoms with Crippen molar-refractivity contribution in [1.29, 1.82) is 0 Å². The Balaban J connectivity index is 1.52. The smallest absolute Gasteiger partial charge is 0.213 e. The number of halogens is 2. The zero-order valence-corrected chi connectivity index (χ0v) is 18.6. The van der Waals surface area contributed by atoms with Gasteiger partial charge in [-0.3, -0.25) is 4.90 Å². The quantitative estimate of drug-likeness (QED) is 0.439. The van der Waals surface area contributed by atoms with E-state index in [0.29, 0.717) is 22.7 Å². The fraction of sp³-hybridized carbons (Fsp3) is 0.320. The summed E-state index contributed by atoms with van der Waals surface area (Å²) in [5.41, 5.74) is 2.65. The van der Waals surface area contributed by atoms with Crippen LogP contribution >= 0.6 is 23.2 Å². The lowest BCUT2D eigenvalue weighted by atomic mass is 9.77. The molecule has 1 saturated heterocycles.